The number of nitrogens with zero attached hydrogens (tertiary/aromatic N) is 2. The number of carbonyl (C=O) groups excluding carboxylic acids is 2. The van der Waals surface area contributed by atoms with Gasteiger partial charge in [-0.3, -0.25) is 14.5 Å². The molecule has 0 atom stereocenters. The molecule has 9 heteroatoms. The van der Waals surface area contributed by atoms with Crippen molar-refractivity contribution in [2.45, 2.75) is 19.1 Å². The van der Waals surface area contributed by atoms with E-state index in [1.807, 2.05) is 17.9 Å². The van der Waals surface area contributed by atoms with Gasteiger partial charge in [-0.2, -0.15) is 0 Å². The van der Waals surface area contributed by atoms with E-state index < -0.39 is 17.4 Å². The number of aromatic nitrogens is 1. The van der Waals surface area contributed by atoms with E-state index in [1.54, 1.807) is 0 Å². The number of hydrogen-bond acceptors (Lipinski definition) is 7. The second-order valence-corrected chi connectivity index (χ2v) is 6.01. The Labute approximate surface area is 137 Å². The highest BCUT2D eigenvalue weighted by atomic mass is 16.5. The maximum Gasteiger partial charge on any atom is 0.287 e. The van der Waals surface area contributed by atoms with Crippen molar-refractivity contribution in [2.75, 3.05) is 19.6 Å². The summed E-state index contributed by atoms with van der Waals surface area (Å²) in [6, 6.07) is 4.53. The number of rotatable bonds is 6. The molecule has 0 unspecified atom stereocenters. The molecule has 4 N–H and O–H groups in total. The second-order valence-electron chi connectivity index (χ2n) is 6.01. The first-order valence-electron chi connectivity index (χ1n) is 7.39. The van der Waals surface area contributed by atoms with Gasteiger partial charge in [-0.1, -0.05) is 5.16 Å². The number of nitrogens with one attached hydrogen (secondary N) is 1. The molecule has 0 saturated carbocycles. The average Bonchev–Trinajstić information content (AvgIpc) is 3.12. The third-order valence-electron chi connectivity index (χ3n) is 3.75. The largest absolute Gasteiger partial charge is 0.446 e. The summed E-state index contributed by atoms with van der Waals surface area (Å²) < 4.78 is 10.0. The minimum Gasteiger partial charge on any atom is -0.446 e. The second kappa shape index (κ2) is 6.10. The van der Waals surface area contributed by atoms with Crippen molar-refractivity contribution in [3.05, 3.63) is 41.2 Å². The van der Waals surface area contributed by atoms with Crippen LogP contribution in [0.5, 0.6) is 0 Å². The molecule has 1 fully saturated rings. The summed E-state index contributed by atoms with van der Waals surface area (Å²) in [5, 5.41) is 16.8. The number of hydrogen-bond donors (Lipinski definition) is 3. The Morgan fingerprint density at radius 1 is 1.42 bits per heavy atom. The van der Waals surface area contributed by atoms with Gasteiger partial charge in [-0.15, -0.1) is 0 Å². The zero-order valence-corrected chi connectivity index (χ0v) is 13.1. The molecule has 0 bridgehead atoms. The van der Waals surface area contributed by atoms with Gasteiger partial charge < -0.3 is 25.1 Å². The number of carbonyl (C=O) groups is 2. The van der Waals surface area contributed by atoms with Crippen molar-refractivity contribution in [1.29, 1.82) is 0 Å². The number of aryl methyl sites for hydroxylation is 1. The van der Waals surface area contributed by atoms with Crippen molar-refractivity contribution >= 4 is 11.8 Å². The van der Waals surface area contributed by atoms with Gasteiger partial charge in [0.25, 0.3) is 11.8 Å². The lowest BCUT2D eigenvalue weighted by molar-refractivity contribution is -0.0981. The Morgan fingerprint density at radius 2 is 2.12 bits per heavy atom. The summed E-state index contributed by atoms with van der Waals surface area (Å²) in [5.74, 6) is -0.632. The number of amides is 2. The predicted octanol–water partition coefficient (Wildman–Crippen LogP) is -0.348. The fraction of sp³-hybridized carbons (Fsp3) is 0.400. The van der Waals surface area contributed by atoms with Crippen LogP contribution in [0.1, 0.15) is 32.6 Å². The zero-order valence-electron chi connectivity index (χ0n) is 13.1. The maximum atomic E-state index is 11.9. The molecular formula is C15H18N4O5. The molecule has 2 aromatic rings. The van der Waals surface area contributed by atoms with E-state index in [0.29, 0.717) is 19.6 Å². The summed E-state index contributed by atoms with van der Waals surface area (Å²) in [4.78, 5) is 24.9. The van der Waals surface area contributed by atoms with E-state index in [2.05, 4.69) is 10.5 Å². The molecule has 2 amide bonds. The normalized spacial score (nSPS) is 16.6. The molecule has 1 aliphatic rings. The number of β-amino-alcohol motifs (C(OH)–C–C–N with tert-alkyl or cyclic N) is 1. The lowest BCUT2D eigenvalue weighted by Gasteiger charge is -2.46. The summed E-state index contributed by atoms with van der Waals surface area (Å²) in [5.41, 5.74) is 4.85. The van der Waals surface area contributed by atoms with Gasteiger partial charge in [0, 0.05) is 32.2 Å². The quantitative estimate of drug-likeness (QED) is 0.657. The zero-order chi connectivity index (χ0) is 17.3. The minimum absolute atomic E-state index is 0.0262. The molecule has 1 aliphatic heterocycles. The van der Waals surface area contributed by atoms with E-state index in [4.69, 9.17) is 14.7 Å². The fourth-order valence-corrected chi connectivity index (χ4v) is 2.66. The van der Waals surface area contributed by atoms with Crippen LogP contribution in [0.4, 0.5) is 0 Å². The molecule has 2 aromatic heterocycles. The number of nitrogens with two attached hydrogens (primary N) is 1. The average molecular weight is 334 g/mol. The Hall–Kier alpha value is -2.65. The van der Waals surface area contributed by atoms with Crippen LogP contribution in [0.3, 0.4) is 0 Å². The van der Waals surface area contributed by atoms with Crippen LogP contribution < -0.4 is 11.1 Å². The van der Waals surface area contributed by atoms with Gasteiger partial charge in [0.1, 0.15) is 11.4 Å². The first kappa shape index (κ1) is 16.2. The molecule has 9 nitrogen and oxygen atoms in total. The Morgan fingerprint density at radius 3 is 2.71 bits per heavy atom. The highest BCUT2D eigenvalue weighted by Gasteiger charge is 2.41. The van der Waals surface area contributed by atoms with Crippen LogP contribution >= 0.6 is 0 Å². The minimum atomic E-state index is -1.01. The van der Waals surface area contributed by atoms with Crippen LogP contribution in [0.25, 0.3) is 0 Å². The van der Waals surface area contributed by atoms with Crippen molar-refractivity contribution in [3.8, 4) is 0 Å². The van der Waals surface area contributed by atoms with Crippen LogP contribution in [0.15, 0.2) is 27.1 Å². The molecule has 1 saturated heterocycles. The smallest absolute Gasteiger partial charge is 0.287 e. The third kappa shape index (κ3) is 3.47. The molecule has 0 radical (unpaired) electrons. The van der Waals surface area contributed by atoms with E-state index >= 15 is 0 Å². The summed E-state index contributed by atoms with van der Waals surface area (Å²) in [6.45, 7) is 3.28. The molecule has 0 aliphatic carbocycles. The van der Waals surface area contributed by atoms with Crippen molar-refractivity contribution in [1.82, 2.24) is 15.4 Å². The number of aliphatic hydroxyl groups is 1. The molecule has 3 heterocycles. The number of likely N-dealkylation sites (tertiary alicyclic amines) is 1. The first-order chi connectivity index (χ1) is 11.3. The molecule has 3 rings (SSSR count). The SMILES string of the molecule is Cc1cc(CN2CC(O)(CNC(=O)c3ccc(C(N)=O)o3)C2)no1. The maximum absolute atomic E-state index is 11.9. The number of primary amides is 1. The molecule has 0 aromatic carbocycles. The van der Waals surface area contributed by atoms with E-state index in [-0.39, 0.29) is 18.1 Å². The van der Waals surface area contributed by atoms with Gasteiger partial charge in [0.15, 0.2) is 11.5 Å². The molecule has 24 heavy (non-hydrogen) atoms. The molecule has 0 spiro atoms. The Kier molecular flexibility index (Phi) is 4.12. The van der Waals surface area contributed by atoms with Gasteiger partial charge in [0.2, 0.25) is 0 Å². The van der Waals surface area contributed by atoms with Gasteiger partial charge in [0.05, 0.1) is 5.69 Å². The standard InChI is InChI=1S/C15H18N4O5/c1-9-4-10(18-24-9)5-19-7-15(22,8-19)6-17-14(21)12-3-2-11(23-12)13(16)20/h2-4,22H,5-8H2,1H3,(H2,16,20)(H,17,21). The van der Waals surface area contributed by atoms with Gasteiger partial charge in [-0.25, -0.2) is 0 Å². The van der Waals surface area contributed by atoms with E-state index in [1.165, 1.54) is 12.1 Å². The monoisotopic (exact) mass is 334 g/mol. The number of furan rings is 1. The predicted molar refractivity (Wildman–Crippen MR) is 81.0 cm³/mol. The van der Waals surface area contributed by atoms with Crippen molar-refractivity contribution in [3.63, 3.8) is 0 Å². The highest BCUT2D eigenvalue weighted by Crippen LogP contribution is 2.22. The highest BCUT2D eigenvalue weighted by molar-refractivity contribution is 5.95. The summed E-state index contributed by atoms with van der Waals surface area (Å²) in [6.07, 6.45) is 0. The van der Waals surface area contributed by atoms with Crippen molar-refractivity contribution in [2.24, 2.45) is 5.73 Å². The van der Waals surface area contributed by atoms with E-state index in [0.717, 1.165) is 11.5 Å². The Balaban J connectivity index is 1.46. The topological polar surface area (TPSA) is 135 Å². The Bertz CT molecular complexity index is 760. The third-order valence-corrected chi connectivity index (χ3v) is 3.75. The molecular weight excluding hydrogens is 316 g/mol. The van der Waals surface area contributed by atoms with Crippen LogP contribution in [0, 0.1) is 6.92 Å². The van der Waals surface area contributed by atoms with Crippen LogP contribution in [0.2, 0.25) is 0 Å². The van der Waals surface area contributed by atoms with Crippen LogP contribution in [-0.2, 0) is 6.54 Å². The van der Waals surface area contributed by atoms with Crippen molar-refractivity contribution < 1.29 is 23.6 Å². The summed E-state index contributed by atoms with van der Waals surface area (Å²) >= 11 is 0. The first-order valence-corrected chi connectivity index (χ1v) is 7.39. The lowest BCUT2D eigenvalue weighted by atomic mass is 9.94. The molecule has 128 valence electrons. The lowest BCUT2D eigenvalue weighted by Crippen LogP contribution is -2.65. The summed E-state index contributed by atoms with van der Waals surface area (Å²) in [7, 11) is 0. The van der Waals surface area contributed by atoms with Gasteiger partial charge >= 0.3 is 0 Å². The fourth-order valence-electron chi connectivity index (χ4n) is 2.66. The van der Waals surface area contributed by atoms with Crippen LogP contribution in [-0.4, -0.2) is 52.2 Å². The van der Waals surface area contributed by atoms with E-state index in [9.17, 15) is 14.7 Å². The van der Waals surface area contributed by atoms with Gasteiger partial charge in [-0.05, 0) is 19.1 Å².